The van der Waals surface area contributed by atoms with Gasteiger partial charge in [0.05, 0.1) is 6.10 Å². The fourth-order valence-electron chi connectivity index (χ4n) is 3.80. The Kier molecular flexibility index (Phi) is 7.33. The molecule has 9 nitrogen and oxygen atoms in total. The molecule has 1 aromatic carbocycles. The van der Waals surface area contributed by atoms with E-state index in [1.807, 2.05) is 0 Å². The first-order valence-corrected chi connectivity index (χ1v) is 11.8. The zero-order chi connectivity index (χ0) is 22.5. The first-order chi connectivity index (χ1) is 15.5. The SMILES string of the molecule is O=C(Nc1cccc(Cl)c1)c1nnc(C(=O)N2CCC(C(=O)NCC3CCCO3)CC2)s1. The number of carbonyl (C=O) groups is 3. The molecule has 1 aromatic heterocycles. The lowest BCUT2D eigenvalue weighted by molar-refractivity contribution is -0.126. The van der Waals surface area contributed by atoms with Crippen LogP contribution >= 0.6 is 22.9 Å². The Hall–Kier alpha value is -2.56. The number of nitrogens with one attached hydrogen (secondary N) is 2. The van der Waals surface area contributed by atoms with Crippen molar-refractivity contribution in [1.29, 1.82) is 0 Å². The Morgan fingerprint density at radius 1 is 1.16 bits per heavy atom. The number of anilines is 1. The summed E-state index contributed by atoms with van der Waals surface area (Å²) in [4.78, 5) is 39.2. The Morgan fingerprint density at radius 2 is 1.94 bits per heavy atom. The van der Waals surface area contributed by atoms with E-state index in [4.69, 9.17) is 16.3 Å². The van der Waals surface area contributed by atoms with Gasteiger partial charge in [0.2, 0.25) is 15.9 Å². The smallest absolute Gasteiger partial charge is 0.286 e. The van der Waals surface area contributed by atoms with Gasteiger partial charge in [-0.25, -0.2) is 0 Å². The molecule has 0 saturated carbocycles. The van der Waals surface area contributed by atoms with Crippen molar-refractivity contribution in [2.75, 3.05) is 31.6 Å². The van der Waals surface area contributed by atoms with Crippen LogP contribution in [0, 0.1) is 5.92 Å². The van der Waals surface area contributed by atoms with Gasteiger partial charge in [0.25, 0.3) is 11.8 Å². The highest BCUT2D eigenvalue weighted by molar-refractivity contribution is 7.15. The normalized spacial score (nSPS) is 19.0. The third kappa shape index (κ3) is 5.62. The molecule has 2 saturated heterocycles. The quantitative estimate of drug-likeness (QED) is 0.661. The van der Waals surface area contributed by atoms with Gasteiger partial charge in [0.15, 0.2) is 0 Å². The molecule has 2 fully saturated rings. The predicted molar refractivity (Wildman–Crippen MR) is 120 cm³/mol. The minimum atomic E-state index is -0.453. The van der Waals surface area contributed by atoms with Crippen LogP contribution in [0.2, 0.25) is 5.02 Å². The molecule has 2 aromatic rings. The van der Waals surface area contributed by atoms with E-state index in [-0.39, 0.29) is 33.9 Å². The molecule has 1 atom stereocenters. The third-order valence-electron chi connectivity index (χ3n) is 5.57. The number of benzene rings is 1. The number of piperidine rings is 1. The second kappa shape index (κ2) is 10.4. The maximum atomic E-state index is 12.8. The largest absolute Gasteiger partial charge is 0.376 e. The zero-order valence-corrected chi connectivity index (χ0v) is 19.0. The maximum absolute atomic E-state index is 12.8. The second-order valence-corrected chi connectivity index (χ2v) is 9.24. The van der Waals surface area contributed by atoms with Crippen molar-refractivity contribution in [3.63, 3.8) is 0 Å². The van der Waals surface area contributed by atoms with Gasteiger partial charge in [-0.2, -0.15) is 0 Å². The number of hydrogen-bond donors (Lipinski definition) is 2. The molecule has 3 heterocycles. The van der Waals surface area contributed by atoms with Crippen LogP contribution in [0.5, 0.6) is 0 Å². The number of hydrogen-bond acceptors (Lipinski definition) is 7. The van der Waals surface area contributed by atoms with Crippen LogP contribution in [-0.4, -0.2) is 65.2 Å². The second-order valence-electron chi connectivity index (χ2n) is 7.82. The van der Waals surface area contributed by atoms with E-state index < -0.39 is 5.91 Å². The minimum Gasteiger partial charge on any atom is -0.376 e. The Labute approximate surface area is 194 Å². The Balaban J connectivity index is 1.26. The average Bonchev–Trinajstić information content (AvgIpc) is 3.49. The Bertz CT molecular complexity index is 986. The molecular formula is C21H24ClN5O4S. The summed E-state index contributed by atoms with van der Waals surface area (Å²) in [6.45, 7) is 2.22. The van der Waals surface area contributed by atoms with Gasteiger partial charge in [-0.1, -0.05) is 29.0 Å². The fraction of sp³-hybridized carbons (Fsp3) is 0.476. The number of carbonyl (C=O) groups excluding carboxylic acids is 3. The summed E-state index contributed by atoms with van der Waals surface area (Å²) in [5.74, 6) is -0.828. The standard InChI is InChI=1S/C21H24ClN5O4S/c22-14-3-1-4-15(11-14)24-18(29)19-25-26-20(32-19)21(30)27-8-6-13(7-9-27)17(28)23-12-16-5-2-10-31-16/h1,3-4,11,13,16H,2,5-10,12H2,(H,23,28)(H,24,29). The number of ether oxygens (including phenoxy) is 1. The summed E-state index contributed by atoms with van der Waals surface area (Å²) in [5.41, 5.74) is 0.533. The van der Waals surface area contributed by atoms with Crippen LogP contribution in [-0.2, 0) is 9.53 Å². The molecule has 32 heavy (non-hydrogen) atoms. The lowest BCUT2D eigenvalue weighted by atomic mass is 9.96. The topological polar surface area (TPSA) is 114 Å². The van der Waals surface area contributed by atoms with Crippen LogP contribution in [0.25, 0.3) is 0 Å². The van der Waals surface area contributed by atoms with Crippen LogP contribution in [0.1, 0.15) is 45.3 Å². The van der Waals surface area contributed by atoms with Crippen LogP contribution in [0.3, 0.4) is 0 Å². The van der Waals surface area contributed by atoms with Gasteiger partial charge in [-0.05, 0) is 43.9 Å². The van der Waals surface area contributed by atoms with Gasteiger partial charge in [0, 0.05) is 42.9 Å². The molecule has 2 aliphatic heterocycles. The van der Waals surface area contributed by atoms with E-state index in [0.717, 1.165) is 30.8 Å². The molecule has 11 heteroatoms. The molecule has 0 aliphatic carbocycles. The van der Waals surface area contributed by atoms with Crippen LogP contribution in [0.4, 0.5) is 5.69 Å². The minimum absolute atomic E-state index is 0.0171. The summed E-state index contributed by atoms with van der Waals surface area (Å²) in [5, 5.41) is 14.2. The zero-order valence-electron chi connectivity index (χ0n) is 17.4. The molecule has 0 bridgehead atoms. The first-order valence-electron chi connectivity index (χ1n) is 10.6. The van der Waals surface area contributed by atoms with E-state index >= 15 is 0 Å². The fourth-order valence-corrected chi connectivity index (χ4v) is 4.69. The number of likely N-dealkylation sites (tertiary alicyclic amines) is 1. The number of rotatable bonds is 6. The van der Waals surface area contributed by atoms with Gasteiger partial charge in [0.1, 0.15) is 0 Å². The molecule has 0 radical (unpaired) electrons. The predicted octanol–water partition coefficient (Wildman–Crippen LogP) is 2.59. The van der Waals surface area contributed by atoms with Crippen molar-refractivity contribution in [1.82, 2.24) is 20.4 Å². The molecular weight excluding hydrogens is 454 g/mol. The number of halogens is 1. The van der Waals surface area contributed by atoms with Crippen molar-refractivity contribution < 1.29 is 19.1 Å². The van der Waals surface area contributed by atoms with Crippen molar-refractivity contribution in [2.45, 2.75) is 31.8 Å². The lowest BCUT2D eigenvalue weighted by Crippen LogP contribution is -2.44. The van der Waals surface area contributed by atoms with Crippen LogP contribution < -0.4 is 10.6 Å². The van der Waals surface area contributed by atoms with E-state index in [1.54, 1.807) is 29.2 Å². The summed E-state index contributed by atoms with van der Waals surface area (Å²) in [7, 11) is 0. The highest BCUT2D eigenvalue weighted by atomic mass is 35.5. The average molecular weight is 478 g/mol. The summed E-state index contributed by atoms with van der Waals surface area (Å²) >= 11 is 6.87. The molecule has 4 rings (SSSR count). The third-order valence-corrected chi connectivity index (χ3v) is 6.71. The molecule has 170 valence electrons. The van der Waals surface area contributed by atoms with Gasteiger partial charge in [-0.3, -0.25) is 14.4 Å². The number of aromatic nitrogens is 2. The summed E-state index contributed by atoms with van der Waals surface area (Å²) < 4.78 is 5.53. The molecule has 2 N–H and O–H groups in total. The molecule has 1 unspecified atom stereocenters. The van der Waals surface area contributed by atoms with Crippen LogP contribution in [0.15, 0.2) is 24.3 Å². The van der Waals surface area contributed by atoms with E-state index in [2.05, 4.69) is 20.8 Å². The van der Waals surface area contributed by atoms with Crippen molar-refractivity contribution >= 4 is 46.3 Å². The summed E-state index contributed by atoms with van der Waals surface area (Å²) in [6.07, 6.45) is 3.31. The van der Waals surface area contributed by atoms with Gasteiger partial charge < -0.3 is 20.3 Å². The number of nitrogens with zero attached hydrogens (tertiary/aromatic N) is 3. The van der Waals surface area contributed by atoms with Gasteiger partial charge >= 0.3 is 0 Å². The highest BCUT2D eigenvalue weighted by Crippen LogP contribution is 2.22. The van der Waals surface area contributed by atoms with Crippen molar-refractivity contribution in [2.24, 2.45) is 5.92 Å². The van der Waals surface area contributed by atoms with Gasteiger partial charge in [-0.15, -0.1) is 10.2 Å². The maximum Gasteiger partial charge on any atom is 0.286 e. The van der Waals surface area contributed by atoms with Crippen molar-refractivity contribution in [3.8, 4) is 0 Å². The number of amides is 3. The van der Waals surface area contributed by atoms with Crippen molar-refractivity contribution in [3.05, 3.63) is 39.3 Å². The Morgan fingerprint density at radius 3 is 2.66 bits per heavy atom. The highest BCUT2D eigenvalue weighted by Gasteiger charge is 2.30. The monoisotopic (exact) mass is 477 g/mol. The van der Waals surface area contributed by atoms with E-state index in [9.17, 15) is 14.4 Å². The lowest BCUT2D eigenvalue weighted by Gasteiger charge is -2.30. The molecule has 2 aliphatic rings. The molecule has 0 spiro atoms. The summed E-state index contributed by atoms with van der Waals surface area (Å²) in [6, 6.07) is 6.75. The first kappa shape index (κ1) is 22.6. The van der Waals surface area contributed by atoms with E-state index in [1.165, 1.54) is 0 Å². The molecule has 3 amide bonds. The van der Waals surface area contributed by atoms with E-state index in [0.29, 0.717) is 43.2 Å².